The molecule has 0 saturated heterocycles. The first-order chi connectivity index (χ1) is 8.97. The van der Waals surface area contributed by atoms with Crippen molar-refractivity contribution >= 4 is 17.8 Å². The van der Waals surface area contributed by atoms with E-state index in [1.54, 1.807) is 6.92 Å². The van der Waals surface area contributed by atoms with Gasteiger partial charge in [0.25, 0.3) is 0 Å². The zero-order valence-electron chi connectivity index (χ0n) is 11.1. The van der Waals surface area contributed by atoms with Crippen molar-refractivity contribution in [2.45, 2.75) is 19.8 Å². The van der Waals surface area contributed by atoms with Crippen LogP contribution in [0.2, 0.25) is 0 Å². The molecule has 106 valence electrons. The smallest absolute Gasteiger partial charge is 0.333 e. The van der Waals surface area contributed by atoms with Crippen LogP contribution in [0.25, 0.3) is 0 Å². The van der Waals surface area contributed by atoms with E-state index in [9.17, 15) is 14.4 Å². The maximum atomic E-state index is 11.2. The Hall–Kier alpha value is -2.11. The molecule has 0 aromatic heterocycles. The lowest BCUT2D eigenvalue weighted by Gasteiger charge is -2.06. The Morgan fingerprint density at radius 3 is 2.47 bits per heavy atom. The van der Waals surface area contributed by atoms with Crippen molar-refractivity contribution in [2.75, 3.05) is 19.8 Å². The molecular formula is C13H19NO5. The molecule has 0 aromatic carbocycles. The van der Waals surface area contributed by atoms with Gasteiger partial charge in [-0.2, -0.15) is 0 Å². The third-order valence-electron chi connectivity index (χ3n) is 1.96. The van der Waals surface area contributed by atoms with E-state index in [1.807, 2.05) is 0 Å². The quantitative estimate of drug-likeness (QED) is 0.379. The lowest BCUT2D eigenvalue weighted by Crippen LogP contribution is -2.26. The van der Waals surface area contributed by atoms with E-state index in [1.165, 1.54) is 0 Å². The lowest BCUT2D eigenvalue weighted by molar-refractivity contribution is -0.146. The molecule has 0 aliphatic rings. The number of carbonyl (C=O) groups is 3. The monoisotopic (exact) mass is 269 g/mol. The van der Waals surface area contributed by atoms with Crippen LogP contribution in [-0.2, 0) is 23.9 Å². The summed E-state index contributed by atoms with van der Waals surface area (Å²) in [6.07, 6.45) is 1.67. The molecule has 19 heavy (non-hydrogen) atoms. The maximum Gasteiger partial charge on any atom is 0.333 e. The molecule has 0 rings (SSSR count). The molecule has 0 aromatic rings. The van der Waals surface area contributed by atoms with Gasteiger partial charge in [-0.15, -0.1) is 0 Å². The second-order valence-electron chi connectivity index (χ2n) is 3.74. The van der Waals surface area contributed by atoms with E-state index < -0.39 is 11.9 Å². The van der Waals surface area contributed by atoms with Crippen LogP contribution < -0.4 is 5.32 Å². The number of rotatable bonds is 9. The summed E-state index contributed by atoms with van der Waals surface area (Å²) in [4.78, 5) is 33.0. The van der Waals surface area contributed by atoms with E-state index in [4.69, 9.17) is 9.47 Å². The van der Waals surface area contributed by atoms with E-state index in [0.717, 1.165) is 6.08 Å². The van der Waals surface area contributed by atoms with Gasteiger partial charge in [0.1, 0.15) is 6.61 Å². The third kappa shape index (κ3) is 9.58. The minimum absolute atomic E-state index is 0.101. The van der Waals surface area contributed by atoms with E-state index in [2.05, 4.69) is 18.5 Å². The van der Waals surface area contributed by atoms with E-state index in [-0.39, 0.29) is 32.1 Å². The van der Waals surface area contributed by atoms with Gasteiger partial charge in [0.2, 0.25) is 5.91 Å². The first-order valence-electron chi connectivity index (χ1n) is 5.86. The normalized spacial score (nSPS) is 9.32. The van der Waals surface area contributed by atoms with Crippen molar-refractivity contribution in [2.24, 2.45) is 0 Å². The van der Waals surface area contributed by atoms with Crippen LogP contribution >= 0.6 is 0 Å². The fraction of sp³-hybridized carbons (Fsp3) is 0.462. The Morgan fingerprint density at radius 1 is 1.21 bits per heavy atom. The summed E-state index contributed by atoms with van der Waals surface area (Å²) < 4.78 is 9.66. The van der Waals surface area contributed by atoms with Crippen LogP contribution in [0.4, 0.5) is 0 Å². The molecule has 6 heteroatoms. The van der Waals surface area contributed by atoms with Crippen molar-refractivity contribution in [1.29, 1.82) is 0 Å². The summed E-state index contributed by atoms with van der Waals surface area (Å²) in [5.41, 5.74) is 0.320. The zero-order valence-corrected chi connectivity index (χ0v) is 11.1. The van der Waals surface area contributed by atoms with E-state index >= 15 is 0 Å². The van der Waals surface area contributed by atoms with Crippen molar-refractivity contribution in [3.05, 3.63) is 24.8 Å². The second kappa shape index (κ2) is 9.87. The second-order valence-corrected chi connectivity index (χ2v) is 3.74. The summed E-state index contributed by atoms with van der Waals surface area (Å²) in [6.45, 7) is 8.75. The Bertz CT molecular complexity index is 362. The molecule has 0 bridgehead atoms. The fourth-order valence-electron chi connectivity index (χ4n) is 0.988. The molecule has 0 fully saturated rings. The number of ether oxygens (including phenoxy) is 2. The van der Waals surface area contributed by atoms with Crippen LogP contribution in [-0.4, -0.2) is 37.6 Å². The number of carbonyl (C=O) groups excluding carboxylic acids is 3. The van der Waals surface area contributed by atoms with Gasteiger partial charge in [-0.25, -0.2) is 4.79 Å². The van der Waals surface area contributed by atoms with Gasteiger partial charge in [-0.3, -0.25) is 9.59 Å². The molecule has 0 heterocycles. The maximum absolute atomic E-state index is 11.2. The summed E-state index contributed by atoms with van der Waals surface area (Å²) in [7, 11) is 0. The van der Waals surface area contributed by atoms with Crippen molar-refractivity contribution in [3.8, 4) is 0 Å². The standard InChI is InChI=1S/C13H19NO5/c1-4-11(15)14-7-9-18-12(16)6-5-8-19-13(17)10(2)3/h4H,1-2,5-9H2,3H3,(H,14,15). The van der Waals surface area contributed by atoms with Crippen LogP contribution in [0.5, 0.6) is 0 Å². The summed E-state index contributed by atoms with van der Waals surface area (Å²) in [5.74, 6) is -1.19. The Labute approximate surface area is 112 Å². The van der Waals surface area contributed by atoms with E-state index in [0.29, 0.717) is 12.0 Å². The molecule has 0 saturated carbocycles. The number of amides is 1. The predicted octanol–water partition coefficient (Wildman–Crippen LogP) is 0.731. The largest absolute Gasteiger partial charge is 0.464 e. The molecule has 1 N–H and O–H groups in total. The molecule has 0 atom stereocenters. The highest BCUT2D eigenvalue weighted by Gasteiger charge is 2.05. The first-order valence-corrected chi connectivity index (χ1v) is 5.86. The molecule has 0 aliphatic heterocycles. The van der Waals surface area contributed by atoms with Gasteiger partial charge >= 0.3 is 11.9 Å². The summed E-state index contributed by atoms with van der Waals surface area (Å²) in [6, 6.07) is 0. The highest BCUT2D eigenvalue weighted by atomic mass is 16.5. The SMILES string of the molecule is C=CC(=O)NCCOC(=O)CCCOC(=O)C(=C)C. The van der Waals surface area contributed by atoms with Crippen molar-refractivity contribution in [1.82, 2.24) is 5.32 Å². The highest BCUT2D eigenvalue weighted by molar-refractivity contribution is 5.87. The van der Waals surface area contributed by atoms with Crippen molar-refractivity contribution < 1.29 is 23.9 Å². The summed E-state index contributed by atoms with van der Waals surface area (Å²) >= 11 is 0. The highest BCUT2D eigenvalue weighted by Crippen LogP contribution is 1.97. The fourth-order valence-corrected chi connectivity index (χ4v) is 0.988. The lowest BCUT2D eigenvalue weighted by atomic mass is 10.3. The number of nitrogens with one attached hydrogen (secondary N) is 1. The van der Waals surface area contributed by atoms with Crippen molar-refractivity contribution in [3.63, 3.8) is 0 Å². The Balaban J connectivity index is 3.50. The average molecular weight is 269 g/mol. The van der Waals surface area contributed by atoms with Gasteiger partial charge in [0.05, 0.1) is 13.2 Å². The zero-order chi connectivity index (χ0) is 14.7. The van der Waals surface area contributed by atoms with Gasteiger partial charge in [-0.1, -0.05) is 13.2 Å². The average Bonchev–Trinajstić information content (AvgIpc) is 2.38. The van der Waals surface area contributed by atoms with Gasteiger partial charge in [0, 0.05) is 12.0 Å². The molecule has 0 radical (unpaired) electrons. The topological polar surface area (TPSA) is 81.7 Å². The molecule has 0 aliphatic carbocycles. The first kappa shape index (κ1) is 16.9. The van der Waals surface area contributed by atoms with Crippen LogP contribution in [0.3, 0.4) is 0 Å². The number of esters is 2. The molecule has 6 nitrogen and oxygen atoms in total. The minimum atomic E-state index is -0.472. The number of hydrogen-bond donors (Lipinski definition) is 1. The van der Waals surface area contributed by atoms with Gasteiger partial charge in [-0.05, 0) is 19.4 Å². The van der Waals surface area contributed by atoms with Gasteiger partial charge < -0.3 is 14.8 Å². The minimum Gasteiger partial charge on any atom is -0.464 e. The third-order valence-corrected chi connectivity index (χ3v) is 1.96. The predicted molar refractivity (Wildman–Crippen MR) is 69.2 cm³/mol. The number of hydrogen-bond acceptors (Lipinski definition) is 5. The molecule has 0 spiro atoms. The molecular weight excluding hydrogens is 250 g/mol. The van der Waals surface area contributed by atoms with Crippen LogP contribution in [0.1, 0.15) is 19.8 Å². The van der Waals surface area contributed by atoms with Crippen LogP contribution in [0, 0.1) is 0 Å². The Kier molecular flexibility index (Phi) is 8.78. The molecule has 1 amide bonds. The van der Waals surface area contributed by atoms with Crippen LogP contribution in [0.15, 0.2) is 24.8 Å². The van der Waals surface area contributed by atoms with Gasteiger partial charge in [0.15, 0.2) is 0 Å². The Morgan fingerprint density at radius 2 is 1.89 bits per heavy atom. The summed E-state index contributed by atoms with van der Waals surface area (Å²) in [5, 5.41) is 2.47. The molecule has 0 unspecified atom stereocenters.